The van der Waals surface area contributed by atoms with Crippen LogP contribution in [0, 0.1) is 32.6 Å². The Kier molecular flexibility index (Phi) is 5.04. The fourth-order valence-corrected chi connectivity index (χ4v) is 3.85. The van der Waals surface area contributed by atoms with Gasteiger partial charge in [-0.25, -0.2) is 0 Å². The molecule has 3 heteroatoms. The first-order valence-electron chi connectivity index (χ1n) is 8.06. The summed E-state index contributed by atoms with van der Waals surface area (Å²) in [7, 11) is 0. The molecule has 2 N–H and O–H groups in total. The van der Waals surface area contributed by atoms with Gasteiger partial charge in [-0.2, -0.15) is 0 Å². The maximum absolute atomic E-state index is 12.4. The van der Waals surface area contributed by atoms with E-state index in [0.29, 0.717) is 6.54 Å². The first-order chi connectivity index (χ1) is 9.85. The van der Waals surface area contributed by atoms with E-state index in [9.17, 15) is 4.79 Å². The van der Waals surface area contributed by atoms with Gasteiger partial charge in [0.25, 0.3) is 5.91 Å². The third-order valence-electron chi connectivity index (χ3n) is 4.43. The van der Waals surface area contributed by atoms with E-state index in [1.54, 1.807) is 0 Å². The van der Waals surface area contributed by atoms with Crippen molar-refractivity contribution in [1.29, 1.82) is 0 Å². The van der Waals surface area contributed by atoms with Gasteiger partial charge in [0.1, 0.15) is 0 Å². The van der Waals surface area contributed by atoms with Crippen molar-refractivity contribution in [2.75, 3.05) is 25.0 Å². The average Bonchev–Trinajstić information content (AvgIpc) is 2.32. The highest BCUT2D eigenvalue weighted by molar-refractivity contribution is 5.93. The first-order valence-corrected chi connectivity index (χ1v) is 8.06. The predicted octanol–water partition coefficient (Wildman–Crippen LogP) is 2.11. The number of anilines is 1. The van der Waals surface area contributed by atoms with Crippen molar-refractivity contribution in [3.63, 3.8) is 0 Å². The Morgan fingerprint density at radius 3 is 2.19 bits per heavy atom. The van der Waals surface area contributed by atoms with Crippen molar-refractivity contribution in [3.05, 3.63) is 28.8 Å². The summed E-state index contributed by atoms with van der Waals surface area (Å²) in [6.45, 7) is 13.6. The van der Waals surface area contributed by atoms with Gasteiger partial charge in [-0.1, -0.05) is 31.5 Å². The lowest BCUT2D eigenvalue weighted by molar-refractivity contribution is -0.904. The lowest BCUT2D eigenvalue weighted by Gasteiger charge is -2.31. The van der Waals surface area contributed by atoms with Gasteiger partial charge in [-0.15, -0.1) is 0 Å². The Hall–Kier alpha value is -1.35. The molecule has 3 nitrogen and oxygen atoms in total. The molecule has 0 aliphatic carbocycles. The number of piperidine rings is 1. The Bertz CT molecular complexity index is 491. The van der Waals surface area contributed by atoms with E-state index in [-0.39, 0.29) is 5.91 Å². The number of benzene rings is 1. The summed E-state index contributed by atoms with van der Waals surface area (Å²) < 4.78 is 0. The Balaban J connectivity index is 1.99. The van der Waals surface area contributed by atoms with Gasteiger partial charge in [0.15, 0.2) is 6.54 Å². The normalized spacial score (nSPS) is 25.7. The van der Waals surface area contributed by atoms with Crippen LogP contribution in [0.4, 0.5) is 5.69 Å². The summed E-state index contributed by atoms with van der Waals surface area (Å²) in [4.78, 5) is 13.8. The summed E-state index contributed by atoms with van der Waals surface area (Å²) in [6, 6.07) is 4.25. The lowest BCUT2D eigenvalue weighted by Crippen LogP contribution is -3.15. The minimum atomic E-state index is 0.140. The van der Waals surface area contributed by atoms with Crippen LogP contribution in [-0.4, -0.2) is 25.5 Å². The molecular weight excluding hydrogens is 260 g/mol. The van der Waals surface area contributed by atoms with E-state index >= 15 is 0 Å². The van der Waals surface area contributed by atoms with E-state index in [0.717, 1.165) is 41.7 Å². The highest BCUT2D eigenvalue weighted by atomic mass is 16.2. The third kappa shape index (κ3) is 4.31. The summed E-state index contributed by atoms with van der Waals surface area (Å²) in [5.74, 6) is 1.58. The van der Waals surface area contributed by atoms with Crippen molar-refractivity contribution in [2.24, 2.45) is 11.8 Å². The fourth-order valence-electron chi connectivity index (χ4n) is 3.85. The number of aryl methyl sites for hydroxylation is 3. The van der Waals surface area contributed by atoms with Gasteiger partial charge >= 0.3 is 0 Å². The molecule has 0 aromatic heterocycles. The first kappa shape index (κ1) is 16.0. The SMILES string of the molecule is Cc1cc(C)c(NC(=O)C[NH+]2C[C@H](C)C[C@@H](C)C2)c(C)c1. The smallest absolute Gasteiger partial charge is 0.279 e. The zero-order valence-corrected chi connectivity index (χ0v) is 14.0. The molecule has 0 unspecified atom stereocenters. The van der Waals surface area contributed by atoms with Crippen LogP contribution in [0.1, 0.15) is 37.0 Å². The summed E-state index contributed by atoms with van der Waals surface area (Å²) in [5, 5.41) is 3.12. The topological polar surface area (TPSA) is 33.5 Å². The largest absolute Gasteiger partial charge is 0.327 e. The van der Waals surface area contributed by atoms with Crippen molar-refractivity contribution in [3.8, 4) is 0 Å². The number of likely N-dealkylation sites (tertiary alicyclic amines) is 1. The molecule has 0 saturated carbocycles. The van der Waals surface area contributed by atoms with Crippen LogP contribution < -0.4 is 10.2 Å². The number of quaternary nitrogens is 1. The number of hydrogen-bond acceptors (Lipinski definition) is 1. The summed E-state index contributed by atoms with van der Waals surface area (Å²) >= 11 is 0. The number of carbonyl (C=O) groups excluding carboxylic acids is 1. The van der Waals surface area contributed by atoms with E-state index in [1.165, 1.54) is 16.9 Å². The third-order valence-corrected chi connectivity index (χ3v) is 4.43. The van der Waals surface area contributed by atoms with E-state index < -0.39 is 0 Å². The molecule has 21 heavy (non-hydrogen) atoms. The highest BCUT2D eigenvalue weighted by Crippen LogP contribution is 2.21. The zero-order valence-electron chi connectivity index (χ0n) is 14.0. The van der Waals surface area contributed by atoms with Crippen LogP contribution in [-0.2, 0) is 4.79 Å². The molecule has 0 spiro atoms. The van der Waals surface area contributed by atoms with Gasteiger partial charge < -0.3 is 10.2 Å². The average molecular weight is 289 g/mol. The minimum Gasteiger partial charge on any atom is -0.327 e. The Morgan fingerprint density at radius 1 is 1.14 bits per heavy atom. The quantitative estimate of drug-likeness (QED) is 0.878. The second-order valence-corrected chi connectivity index (χ2v) is 7.10. The molecule has 1 aromatic carbocycles. The number of amides is 1. The van der Waals surface area contributed by atoms with Crippen molar-refractivity contribution < 1.29 is 9.69 Å². The summed E-state index contributed by atoms with van der Waals surface area (Å²) in [5.41, 5.74) is 4.53. The number of hydrogen-bond donors (Lipinski definition) is 2. The highest BCUT2D eigenvalue weighted by Gasteiger charge is 2.26. The summed E-state index contributed by atoms with van der Waals surface area (Å²) in [6.07, 6.45) is 1.29. The van der Waals surface area contributed by atoms with Gasteiger partial charge in [0, 0.05) is 17.5 Å². The maximum atomic E-state index is 12.4. The second kappa shape index (κ2) is 6.61. The molecule has 2 atom stereocenters. The van der Waals surface area contributed by atoms with Crippen molar-refractivity contribution >= 4 is 11.6 Å². The maximum Gasteiger partial charge on any atom is 0.279 e. The van der Waals surface area contributed by atoms with Crippen molar-refractivity contribution in [2.45, 2.75) is 41.0 Å². The van der Waals surface area contributed by atoms with E-state index in [4.69, 9.17) is 0 Å². The number of nitrogens with one attached hydrogen (secondary N) is 2. The van der Waals surface area contributed by atoms with Gasteiger partial charge in [0.05, 0.1) is 13.1 Å². The molecule has 1 saturated heterocycles. The van der Waals surface area contributed by atoms with Crippen LogP contribution in [0.3, 0.4) is 0 Å². The standard InChI is InChI=1S/C18H28N2O/c1-12-7-15(4)18(16(5)8-12)19-17(21)11-20-9-13(2)6-14(3)10-20/h7-8,13-14H,6,9-11H2,1-5H3,(H,19,21)/p+1/t13-,14-/m1/s1. The van der Waals surface area contributed by atoms with Crippen molar-refractivity contribution in [1.82, 2.24) is 0 Å². The minimum absolute atomic E-state index is 0.140. The van der Waals surface area contributed by atoms with Crippen LogP contribution in [0.25, 0.3) is 0 Å². The second-order valence-electron chi connectivity index (χ2n) is 7.10. The van der Waals surface area contributed by atoms with Crippen LogP contribution in [0.5, 0.6) is 0 Å². The number of carbonyl (C=O) groups is 1. The van der Waals surface area contributed by atoms with E-state index in [2.05, 4.69) is 52.1 Å². The molecule has 2 rings (SSSR count). The molecular formula is C18H29N2O+. The molecule has 1 amide bonds. The molecule has 1 aromatic rings. The molecule has 0 bridgehead atoms. The van der Waals surface area contributed by atoms with Crippen LogP contribution >= 0.6 is 0 Å². The molecule has 116 valence electrons. The molecule has 1 aliphatic rings. The fraction of sp³-hybridized carbons (Fsp3) is 0.611. The number of rotatable bonds is 3. The van der Waals surface area contributed by atoms with E-state index in [1.807, 2.05) is 0 Å². The Morgan fingerprint density at radius 2 is 1.67 bits per heavy atom. The zero-order chi connectivity index (χ0) is 15.6. The lowest BCUT2D eigenvalue weighted by atomic mass is 9.92. The van der Waals surface area contributed by atoms with Gasteiger partial charge in [-0.05, 0) is 38.3 Å². The molecule has 1 aliphatic heterocycles. The Labute approximate surface area is 128 Å². The van der Waals surface area contributed by atoms with Crippen LogP contribution in [0.2, 0.25) is 0 Å². The monoisotopic (exact) mass is 289 g/mol. The molecule has 1 heterocycles. The molecule has 1 fully saturated rings. The van der Waals surface area contributed by atoms with Crippen LogP contribution in [0.15, 0.2) is 12.1 Å². The van der Waals surface area contributed by atoms with Gasteiger partial charge in [0.2, 0.25) is 0 Å². The van der Waals surface area contributed by atoms with Gasteiger partial charge in [-0.3, -0.25) is 4.79 Å². The molecule has 0 radical (unpaired) electrons. The predicted molar refractivity (Wildman–Crippen MR) is 87.8 cm³/mol.